The minimum Gasteiger partial charge on any atom is -0.342 e. The number of rotatable bonds is 4. The highest BCUT2D eigenvalue weighted by atomic mass is 16.2. The lowest BCUT2D eigenvalue weighted by molar-refractivity contribution is -0.133. The molecule has 1 unspecified atom stereocenters. The van der Waals surface area contributed by atoms with Crippen molar-refractivity contribution in [3.8, 4) is 6.07 Å². The summed E-state index contributed by atoms with van der Waals surface area (Å²) in [5, 5.41) is 8.54. The second kappa shape index (κ2) is 4.63. The van der Waals surface area contributed by atoms with E-state index in [1.807, 2.05) is 6.92 Å². The van der Waals surface area contributed by atoms with Crippen LogP contribution >= 0.6 is 0 Å². The molecule has 1 saturated carbocycles. The maximum atomic E-state index is 11.8. The van der Waals surface area contributed by atoms with Gasteiger partial charge in [0.2, 0.25) is 5.91 Å². The van der Waals surface area contributed by atoms with E-state index < -0.39 is 0 Å². The zero-order chi connectivity index (χ0) is 11.5. The van der Waals surface area contributed by atoms with Gasteiger partial charge >= 0.3 is 0 Å². The minimum absolute atomic E-state index is 0.0221. The third kappa shape index (κ3) is 2.93. The average molecular weight is 209 g/mol. The summed E-state index contributed by atoms with van der Waals surface area (Å²) >= 11 is 0. The fourth-order valence-corrected chi connectivity index (χ4v) is 1.75. The van der Waals surface area contributed by atoms with Crippen molar-refractivity contribution in [2.24, 2.45) is 5.73 Å². The van der Waals surface area contributed by atoms with Crippen LogP contribution in [0.15, 0.2) is 0 Å². The number of hydrogen-bond donors (Lipinski definition) is 1. The fourth-order valence-electron chi connectivity index (χ4n) is 1.75. The van der Waals surface area contributed by atoms with Crippen LogP contribution in [-0.2, 0) is 4.79 Å². The van der Waals surface area contributed by atoms with Crippen molar-refractivity contribution < 1.29 is 4.79 Å². The van der Waals surface area contributed by atoms with Crippen LogP contribution in [0, 0.1) is 11.3 Å². The fraction of sp³-hybridized carbons (Fsp3) is 0.818. The van der Waals surface area contributed by atoms with Gasteiger partial charge in [-0.05, 0) is 26.2 Å². The van der Waals surface area contributed by atoms with Crippen molar-refractivity contribution in [3.63, 3.8) is 0 Å². The molecule has 2 N–H and O–H groups in total. The third-order valence-electron chi connectivity index (χ3n) is 3.29. The summed E-state index contributed by atoms with van der Waals surface area (Å²) in [7, 11) is 1.74. The number of carbonyl (C=O) groups excluding carboxylic acids is 1. The number of amides is 1. The Labute approximate surface area is 91.0 Å². The number of nitriles is 1. The Bertz CT molecular complexity index is 278. The Morgan fingerprint density at radius 3 is 2.67 bits per heavy atom. The lowest BCUT2D eigenvalue weighted by Crippen LogP contribution is -2.51. The predicted molar refractivity (Wildman–Crippen MR) is 57.8 cm³/mol. The lowest BCUT2D eigenvalue weighted by atomic mass is 9.75. The molecule has 0 spiro atoms. The van der Waals surface area contributed by atoms with E-state index in [0.717, 1.165) is 19.3 Å². The highest BCUT2D eigenvalue weighted by Gasteiger charge is 2.35. The smallest absolute Gasteiger partial charge is 0.224 e. The van der Waals surface area contributed by atoms with Crippen LogP contribution in [0.5, 0.6) is 0 Å². The first-order valence-electron chi connectivity index (χ1n) is 5.40. The molecule has 0 radical (unpaired) electrons. The zero-order valence-corrected chi connectivity index (χ0v) is 9.49. The standard InChI is InChI=1S/C11H19N3O/c1-9(4-7-12)14(2)10(15)8-11(13)5-3-6-11/h9H,3-6,8,13H2,1-2H3. The molecule has 0 aromatic carbocycles. The summed E-state index contributed by atoms with van der Waals surface area (Å²) in [4.78, 5) is 13.4. The maximum Gasteiger partial charge on any atom is 0.224 e. The molecule has 1 aliphatic carbocycles. The van der Waals surface area contributed by atoms with Crippen molar-refractivity contribution in [2.45, 2.75) is 50.6 Å². The molecule has 0 aromatic rings. The Kier molecular flexibility index (Phi) is 3.70. The summed E-state index contributed by atoms with van der Waals surface area (Å²) in [6.07, 6.45) is 3.80. The SMILES string of the molecule is CC(CC#N)N(C)C(=O)CC1(N)CCC1. The Balaban J connectivity index is 2.42. The summed E-state index contributed by atoms with van der Waals surface area (Å²) in [5.74, 6) is 0.0555. The van der Waals surface area contributed by atoms with Crippen LogP contribution in [0.1, 0.15) is 39.0 Å². The van der Waals surface area contributed by atoms with Crippen molar-refractivity contribution in [3.05, 3.63) is 0 Å². The van der Waals surface area contributed by atoms with E-state index in [-0.39, 0.29) is 17.5 Å². The average Bonchev–Trinajstić information content (AvgIpc) is 2.14. The summed E-state index contributed by atoms with van der Waals surface area (Å²) in [6, 6.07) is 2.05. The van der Waals surface area contributed by atoms with Crippen molar-refractivity contribution in [1.82, 2.24) is 4.90 Å². The summed E-state index contributed by atoms with van der Waals surface area (Å²) < 4.78 is 0. The van der Waals surface area contributed by atoms with Gasteiger partial charge in [-0.15, -0.1) is 0 Å². The maximum absolute atomic E-state index is 11.8. The van der Waals surface area contributed by atoms with Gasteiger partial charge < -0.3 is 10.6 Å². The second-order valence-electron chi connectivity index (χ2n) is 4.61. The Morgan fingerprint density at radius 2 is 2.27 bits per heavy atom. The van der Waals surface area contributed by atoms with Crippen molar-refractivity contribution >= 4 is 5.91 Å². The topological polar surface area (TPSA) is 70.1 Å². The molecular formula is C11H19N3O. The molecule has 1 rings (SSSR count). The molecular weight excluding hydrogens is 190 g/mol. The predicted octanol–water partition coefficient (Wildman–Crippen LogP) is 1.02. The monoisotopic (exact) mass is 209 g/mol. The van der Waals surface area contributed by atoms with Gasteiger partial charge in [-0.2, -0.15) is 5.26 Å². The van der Waals surface area contributed by atoms with Gasteiger partial charge in [0.25, 0.3) is 0 Å². The number of hydrogen-bond acceptors (Lipinski definition) is 3. The van der Waals surface area contributed by atoms with Gasteiger partial charge in [-0.1, -0.05) is 0 Å². The van der Waals surface area contributed by atoms with E-state index in [4.69, 9.17) is 11.0 Å². The molecule has 4 heteroatoms. The molecule has 1 atom stereocenters. The molecule has 15 heavy (non-hydrogen) atoms. The second-order valence-corrected chi connectivity index (χ2v) is 4.61. The molecule has 1 amide bonds. The minimum atomic E-state index is -0.266. The quantitative estimate of drug-likeness (QED) is 0.751. The van der Waals surface area contributed by atoms with E-state index >= 15 is 0 Å². The number of nitrogens with two attached hydrogens (primary N) is 1. The van der Waals surface area contributed by atoms with Crippen LogP contribution in [0.4, 0.5) is 0 Å². The van der Waals surface area contributed by atoms with Gasteiger partial charge in [0.05, 0.1) is 12.5 Å². The van der Waals surface area contributed by atoms with Crippen LogP contribution in [0.3, 0.4) is 0 Å². The molecule has 4 nitrogen and oxygen atoms in total. The van der Waals surface area contributed by atoms with Gasteiger partial charge in [0.1, 0.15) is 0 Å². The van der Waals surface area contributed by atoms with E-state index in [9.17, 15) is 4.79 Å². The molecule has 0 saturated heterocycles. The first-order chi connectivity index (χ1) is 6.98. The largest absolute Gasteiger partial charge is 0.342 e. The first kappa shape index (κ1) is 12.0. The van der Waals surface area contributed by atoms with Crippen LogP contribution < -0.4 is 5.73 Å². The van der Waals surface area contributed by atoms with Gasteiger partial charge in [0, 0.05) is 25.0 Å². The van der Waals surface area contributed by atoms with Gasteiger partial charge in [-0.3, -0.25) is 4.79 Å². The first-order valence-corrected chi connectivity index (χ1v) is 5.40. The van der Waals surface area contributed by atoms with Gasteiger partial charge in [0.15, 0.2) is 0 Å². The Morgan fingerprint density at radius 1 is 1.67 bits per heavy atom. The molecule has 1 aliphatic rings. The summed E-state index contributed by atoms with van der Waals surface area (Å²) in [5.41, 5.74) is 5.74. The van der Waals surface area contributed by atoms with Crippen molar-refractivity contribution in [2.75, 3.05) is 7.05 Å². The molecule has 0 aliphatic heterocycles. The highest BCUT2D eigenvalue weighted by molar-refractivity contribution is 5.77. The Hall–Kier alpha value is -1.08. The van der Waals surface area contributed by atoms with Crippen LogP contribution in [0.2, 0.25) is 0 Å². The van der Waals surface area contributed by atoms with E-state index in [1.165, 1.54) is 0 Å². The summed E-state index contributed by atoms with van der Waals surface area (Å²) in [6.45, 7) is 1.88. The van der Waals surface area contributed by atoms with E-state index in [1.54, 1.807) is 11.9 Å². The third-order valence-corrected chi connectivity index (χ3v) is 3.29. The molecule has 0 heterocycles. The zero-order valence-electron chi connectivity index (χ0n) is 9.49. The highest BCUT2D eigenvalue weighted by Crippen LogP contribution is 2.32. The number of nitrogens with zero attached hydrogens (tertiary/aromatic N) is 2. The molecule has 84 valence electrons. The molecule has 0 bridgehead atoms. The van der Waals surface area contributed by atoms with Crippen LogP contribution in [0.25, 0.3) is 0 Å². The number of carbonyl (C=O) groups is 1. The normalized spacial score (nSPS) is 19.9. The van der Waals surface area contributed by atoms with Crippen molar-refractivity contribution in [1.29, 1.82) is 5.26 Å². The molecule has 1 fully saturated rings. The van der Waals surface area contributed by atoms with Crippen LogP contribution in [-0.4, -0.2) is 29.4 Å². The molecule has 0 aromatic heterocycles. The van der Waals surface area contributed by atoms with E-state index in [0.29, 0.717) is 12.8 Å². The van der Waals surface area contributed by atoms with Gasteiger partial charge in [-0.25, -0.2) is 0 Å². The van der Waals surface area contributed by atoms with E-state index in [2.05, 4.69) is 6.07 Å². The lowest BCUT2D eigenvalue weighted by Gasteiger charge is -2.39.